The van der Waals surface area contributed by atoms with E-state index in [-0.39, 0.29) is 0 Å². The van der Waals surface area contributed by atoms with Crippen molar-refractivity contribution in [3.05, 3.63) is 6.20 Å². The Bertz CT molecular complexity index is 359. The first-order valence-electron chi connectivity index (χ1n) is 3.90. The van der Waals surface area contributed by atoms with E-state index in [1.165, 1.54) is 0 Å². The maximum atomic E-state index is 4.28. The fourth-order valence-corrected chi connectivity index (χ4v) is 1.36. The van der Waals surface area contributed by atoms with Crippen LogP contribution in [0.15, 0.2) is 11.2 Å². The van der Waals surface area contributed by atoms with Gasteiger partial charge in [-0.3, -0.25) is 4.99 Å². The van der Waals surface area contributed by atoms with Gasteiger partial charge >= 0.3 is 5.82 Å². The topological polar surface area (TPSA) is 33.2 Å². The van der Waals surface area contributed by atoms with Crippen LogP contribution in [0.5, 0.6) is 0 Å². The Hall–Kier alpha value is -1.45. The normalized spacial score (nSPS) is 15.3. The van der Waals surface area contributed by atoms with Crippen LogP contribution in [0, 0.1) is 0 Å². The van der Waals surface area contributed by atoms with Gasteiger partial charge in [0.15, 0.2) is 5.69 Å². The third-order valence-electron chi connectivity index (χ3n) is 1.94. The van der Waals surface area contributed by atoms with Gasteiger partial charge in [-0.15, -0.1) is 4.68 Å². The minimum Gasteiger partial charge on any atom is -0.251 e. The molecule has 62 valence electrons. The molecule has 0 aliphatic carbocycles. The highest BCUT2D eigenvalue weighted by Gasteiger charge is 2.17. The standard InChI is InChI=1S/C8H11N4/c1-11-5-3-4-9-7-6-10-12(2)8(7)11/h4-6H,3H2,1-2H3/q+1. The van der Waals surface area contributed by atoms with Crippen molar-refractivity contribution >= 4 is 23.9 Å². The molecule has 4 nitrogen and oxygen atoms in total. The van der Waals surface area contributed by atoms with Crippen LogP contribution in [0.2, 0.25) is 0 Å². The second-order valence-corrected chi connectivity index (χ2v) is 2.82. The molecule has 0 saturated heterocycles. The zero-order valence-corrected chi connectivity index (χ0v) is 7.23. The van der Waals surface area contributed by atoms with E-state index in [0.29, 0.717) is 0 Å². The third-order valence-corrected chi connectivity index (χ3v) is 1.94. The van der Waals surface area contributed by atoms with Crippen molar-refractivity contribution in [2.24, 2.45) is 12.0 Å². The van der Waals surface area contributed by atoms with E-state index >= 15 is 0 Å². The number of hydrogen-bond donors (Lipinski definition) is 0. The molecule has 0 atom stereocenters. The van der Waals surface area contributed by atoms with Gasteiger partial charge < -0.3 is 0 Å². The van der Waals surface area contributed by atoms with Gasteiger partial charge in [-0.25, -0.2) is 4.58 Å². The fraction of sp³-hybridized carbons (Fsp3) is 0.375. The molecule has 0 bridgehead atoms. The first-order valence-corrected chi connectivity index (χ1v) is 3.90. The minimum absolute atomic E-state index is 0.880. The summed E-state index contributed by atoms with van der Waals surface area (Å²) in [6.45, 7) is 0. The molecule has 2 heterocycles. The van der Waals surface area contributed by atoms with E-state index in [2.05, 4.69) is 20.9 Å². The zero-order valence-electron chi connectivity index (χ0n) is 7.23. The quantitative estimate of drug-likeness (QED) is 0.522. The van der Waals surface area contributed by atoms with Crippen LogP contribution in [0.1, 0.15) is 6.42 Å². The Kier molecular flexibility index (Phi) is 1.53. The summed E-state index contributed by atoms with van der Waals surface area (Å²) in [4.78, 5) is 4.28. The van der Waals surface area contributed by atoms with E-state index in [0.717, 1.165) is 17.9 Å². The third kappa shape index (κ3) is 0.958. The Labute approximate surface area is 70.9 Å². The first kappa shape index (κ1) is 7.21. The molecule has 1 aromatic rings. The second-order valence-electron chi connectivity index (χ2n) is 2.82. The Morgan fingerprint density at radius 2 is 2.42 bits per heavy atom. The van der Waals surface area contributed by atoms with Crippen molar-refractivity contribution in [1.29, 1.82) is 0 Å². The average Bonchev–Trinajstić information content (AvgIpc) is 2.29. The summed E-state index contributed by atoms with van der Waals surface area (Å²) < 4.78 is 3.88. The molecule has 0 unspecified atom stereocenters. The molecule has 4 heteroatoms. The lowest BCUT2D eigenvalue weighted by molar-refractivity contribution is -0.406. The molecule has 0 spiro atoms. The molecule has 0 aromatic carbocycles. The SMILES string of the molecule is Cn1ncc2c1[N+](C)=CCC=N2. The lowest BCUT2D eigenvalue weighted by atomic mass is 10.5. The van der Waals surface area contributed by atoms with E-state index in [4.69, 9.17) is 0 Å². The Morgan fingerprint density at radius 1 is 1.58 bits per heavy atom. The number of rotatable bonds is 0. The van der Waals surface area contributed by atoms with Crippen LogP contribution in [0.3, 0.4) is 0 Å². The summed E-state index contributed by atoms with van der Waals surface area (Å²) in [7, 11) is 3.93. The molecular formula is C8H11N4+. The molecule has 0 radical (unpaired) electrons. The molecule has 0 saturated carbocycles. The molecule has 0 N–H and O–H groups in total. The zero-order chi connectivity index (χ0) is 8.55. The van der Waals surface area contributed by atoms with Gasteiger partial charge in [-0.1, -0.05) is 5.10 Å². The summed E-state index contributed by atoms with van der Waals surface area (Å²) >= 11 is 0. The van der Waals surface area contributed by atoms with Crippen LogP contribution in [0.4, 0.5) is 11.5 Å². The van der Waals surface area contributed by atoms with Gasteiger partial charge in [-0.05, 0) is 0 Å². The summed E-state index contributed by atoms with van der Waals surface area (Å²) in [5.74, 6) is 1.05. The highest BCUT2D eigenvalue weighted by Crippen LogP contribution is 2.25. The van der Waals surface area contributed by atoms with Gasteiger partial charge in [0.1, 0.15) is 13.2 Å². The molecule has 2 rings (SSSR count). The minimum atomic E-state index is 0.880. The Balaban J connectivity index is 2.65. The molecule has 1 aliphatic heterocycles. The van der Waals surface area contributed by atoms with Crippen LogP contribution in [0.25, 0.3) is 0 Å². The monoisotopic (exact) mass is 163 g/mol. The predicted octanol–water partition coefficient (Wildman–Crippen LogP) is 0.871. The molecule has 12 heavy (non-hydrogen) atoms. The number of aromatic nitrogens is 2. The number of hydrogen-bond acceptors (Lipinski definition) is 2. The smallest absolute Gasteiger partial charge is 0.251 e. The predicted molar refractivity (Wildman–Crippen MR) is 47.9 cm³/mol. The lowest BCUT2D eigenvalue weighted by Crippen LogP contribution is -2.04. The number of nitrogens with zero attached hydrogens (tertiary/aromatic N) is 4. The fourth-order valence-electron chi connectivity index (χ4n) is 1.36. The molecule has 1 aromatic heterocycles. The van der Waals surface area contributed by atoms with Crippen LogP contribution < -0.4 is 0 Å². The molecule has 0 fully saturated rings. The van der Waals surface area contributed by atoms with Crippen molar-refractivity contribution in [1.82, 2.24) is 9.78 Å². The van der Waals surface area contributed by atoms with Crippen molar-refractivity contribution in [3.63, 3.8) is 0 Å². The van der Waals surface area contributed by atoms with Crippen LogP contribution in [-0.4, -0.2) is 33.8 Å². The van der Waals surface area contributed by atoms with Gasteiger partial charge in [0.25, 0.3) is 0 Å². The molecule has 1 aliphatic rings. The second kappa shape index (κ2) is 2.55. The summed E-state index contributed by atoms with van der Waals surface area (Å²) in [6, 6.07) is 0. The highest BCUT2D eigenvalue weighted by atomic mass is 15.3. The maximum absolute atomic E-state index is 4.28. The molecule has 0 amide bonds. The summed E-state index contributed by atoms with van der Waals surface area (Å²) in [5, 5.41) is 4.13. The van der Waals surface area contributed by atoms with Crippen LogP contribution >= 0.6 is 0 Å². The van der Waals surface area contributed by atoms with Gasteiger partial charge in [0.2, 0.25) is 0 Å². The van der Waals surface area contributed by atoms with Crippen molar-refractivity contribution in [2.75, 3.05) is 7.05 Å². The average molecular weight is 163 g/mol. The van der Waals surface area contributed by atoms with Crippen LogP contribution in [-0.2, 0) is 7.05 Å². The van der Waals surface area contributed by atoms with Gasteiger partial charge in [0.05, 0.1) is 13.3 Å². The van der Waals surface area contributed by atoms with Crippen molar-refractivity contribution < 1.29 is 4.58 Å². The summed E-state index contributed by atoms with van der Waals surface area (Å²) in [6.07, 6.45) is 6.63. The van der Waals surface area contributed by atoms with Crippen molar-refractivity contribution in [3.8, 4) is 0 Å². The van der Waals surface area contributed by atoms with Gasteiger partial charge in [-0.2, -0.15) is 0 Å². The van der Waals surface area contributed by atoms with E-state index in [1.54, 1.807) is 6.20 Å². The largest absolute Gasteiger partial charge is 0.329 e. The van der Waals surface area contributed by atoms with Crippen molar-refractivity contribution in [2.45, 2.75) is 6.42 Å². The van der Waals surface area contributed by atoms with E-state index < -0.39 is 0 Å². The first-order chi connectivity index (χ1) is 5.79. The Morgan fingerprint density at radius 3 is 3.25 bits per heavy atom. The molecular weight excluding hydrogens is 152 g/mol. The van der Waals surface area contributed by atoms with E-state index in [1.807, 2.05) is 25.0 Å². The number of aryl methyl sites for hydroxylation is 1. The maximum Gasteiger partial charge on any atom is 0.329 e. The lowest BCUT2D eigenvalue weighted by Gasteiger charge is -1.94. The van der Waals surface area contributed by atoms with Gasteiger partial charge in [0, 0.05) is 12.6 Å². The number of aliphatic imine (C=N–C) groups is 1. The number of fused-ring (bicyclic) bond motifs is 1. The van der Waals surface area contributed by atoms with E-state index in [9.17, 15) is 0 Å². The highest BCUT2D eigenvalue weighted by molar-refractivity contribution is 5.82. The summed E-state index contributed by atoms with van der Waals surface area (Å²) in [5.41, 5.74) is 0.939.